The Hall–Kier alpha value is -5.48. The van der Waals surface area contributed by atoms with E-state index in [0.29, 0.717) is 49.1 Å². The zero-order chi connectivity index (χ0) is 45.7. The molecule has 1 aromatic heterocycles. The first-order valence-electron chi connectivity index (χ1n) is 23.1. The number of para-hydroxylation sites is 1. The van der Waals surface area contributed by atoms with Crippen molar-refractivity contribution in [2.24, 2.45) is 17.8 Å². The molecule has 0 unspecified atom stereocenters. The van der Waals surface area contributed by atoms with Gasteiger partial charge >= 0.3 is 6.09 Å². The number of allylic oxidation sites excluding steroid dienone is 1. The zero-order valence-electron chi connectivity index (χ0n) is 37.4. The number of carbonyl (C=O) groups excluding carboxylic acids is 4. The second-order valence-corrected chi connectivity index (χ2v) is 21.6. The minimum Gasteiger partial charge on any atom is -0.492 e. The third-order valence-corrected chi connectivity index (χ3v) is 16.4. The minimum atomic E-state index is -4.03. The molecule has 4 fully saturated rings. The van der Waals surface area contributed by atoms with Gasteiger partial charge in [-0.15, -0.1) is 6.58 Å². The topological polar surface area (TPSA) is 186 Å². The average molecular weight is 909 g/mol. The summed E-state index contributed by atoms with van der Waals surface area (Å²) in [5.41, 5.74) is 1.86. The molecule has 3 N–H and O–H groups in total. The van der Waals surface area contributed by atoms with E-state index >= 15 is 4.79 Å². The summed E-state index contributed by atoms with van der Waals surface area (Å²) in [4.78, 5) is 66.3. The Morgan fingerprint density at radius 3 is 2.49 bits per heavy atom. The fourth-order valence-electron chi connectivity index (χ4n) is 9.83. The number of sulfonamides is 1. The van der Waals surface area contributed by atoms with Crippen molar-refractivity contribution in [1.29, 1.82) is 0 Å². The van der Waals surface area contributed by atoms with Crippen molar-refractivity contribution in [3.63, 3.8) is 0 Å². The van der Waals surface area contributed by atoms with Gasteiger partial charge in [-0.05, 0) is 126 Å². The van der Waals surface area contributed by atoms with Gasteiger partial charge in [0.2, 0.25) is 27.7 Å². The molecule has 4 amide bonds. The van der Waals surface area contributed by atoms with Crippen molar-refractivity contribution in [2.75, 3.05) is 33.8 Å². The van der Waals surface area contributed by atoms with Gasteiger partial charge in [-0.2, -0.15) is 0 Å². The van der Waals surface area contributed by atoms with E-state index in [2.05, 4.69) is 32.9 Å². The van der Waals surface area contributed by atoms with Gasteiger partial charge in [-0.25, -0.2) is 18.2 Å². The number of ether oxygens (including phenoxy) is 3. The summed E-state index contributed by atoms with van der Waals surface area (Å²) in [6.07, 6.45) is 9.89. The van der Waals surface area contributed by atoms with Gasteiger partial charge in [-0.1, -0.05) is 48.6 Å². The SMILES string of the molecule is C=C[C@H]1C[C@]1(NC(=O)[C@@H]1C[C@@H]2CN1C(=O)[C@H](C1Cc3ccccc3C1)NC(=O)O[C@@H]1C[C@H]1CCC/C=C/c1c(nc3ccccc3c1OCCCN(C)C)O2)C(=O)NS(=O)(=O)C1(C)CC1. The smallest absolute Gasteiger partial charge is 0.408 e. The summed E-state index contributed by atoms with van der Waals surface area (Å²) in [5.74, 6) is -1.76. The number of alkyl carbamates (subject to hydrolysis) is 1. The number of hydrogen-bond donors (Lipinski definition) is 3. The molecule has 65 heavy (non-hydrogen) atoms. The summed E-state index contributed by atoms with van der Waals surface area (Å²) in [6.45, 7) is 6.67. The maximum atomic E-state index is 15.3. The highest BCUT2D eigenvalue weighted by Crippen LogP contribution is 2.47. The lowest BCUT2D eigenvalue weighted by Crippen LogP contribution is -2.59. The molecule has 9 rings (SSSR count). The van der Waals surface area contributed by atoms with Crippen molar-refractivity contribution in [2.45, 2.75) is 112 Å². The predicted octanol–water partition coefficient (Wildman–Crippen LogP) is 5.07. The molecule has 3 aromatic rings. The number of carbonyl (C=O) groups is 4. The van der Waals surface area contributed by atoms with Crippen LogP contribution in [-0.2, 0) is 42.0 Å². The van der Waals surface area contributed by atoms with Crippen LogP contribution in [-0.4, -0.2) is 115 Å². The van der Waals surface area contributed by atoms with Gasteiger partial charge in [0.05, 0.1) is 29.0 Å². The third kappa shape index (κ3) is 9.20. The number of nitrogens with one attached hydrogen (secondary N) is 3. The van der Waals surface area contributed by atoms with E-state index in [0.717, 1.165) is 55.2 Å². The largest absolute Gasteiger partial charge is 0.492 e. The second-order valence-electron chi connectivity index (χ2n) is 19.4. The van der Waals surface area contributed by atoms with Crippen LogP contribution >= 0.6 is 0 Å². The van der Waals surface area contributed by atoms with E-state index < -0.39 is 68.2 Å². The Labute approximate surface area is 380 Å². The summed E-state index contributed by atoms with van der Waals surface area (Å²) in [7, 11) is 0.00460. The van der Waals surface area contributed by atoms with Gasteiger partial charge in [-0.3, -0.25) is 19.1 Å². The van der Waals surface area contributed by atoms with Crippen LogP contribution in [0.15, 0.2) is 67.3 Å². The zero-order valence-corrected chi connectivity index (χ0v) is 38.2. The first-order valence-corrected chi connectivity index (χ1v) is 24.6. The normalized spacial score (nSPS) is 28.8. The van der Waals surface area contributed by atoms with E-state index in [1.807, 2.05) is 68.7 Å². The molecule has 6 aliphatic rings. The highest BCUT2D eigenvalue weighted by molar-refractivity contribution is 7.91. The van der Waals surface area contributed by atoms with Crippen LogP contribution in [0.4, 0.5) is 4.79 Å². The van der Waals surface area contributed by atoms with Crippen molar-refractivity contribution < 1.29 is 41.8 Å². The second kappa shape index (κ2) is 17.7. The fraction of sp³-hybridized carbons (Fsp3) is 0.531. The maximum absolute atomic E-state index is 15.3. The van der Waals surface area contributed by atoms with Gasteiger partial charge < -0.3 is 34.6 Å². The molecule has 3 heterocycles. The Bertz CT molecular complexity index is 2500. The number of benzene rings is 2. The number of fused-ring (bicyclic) bond motifs is 6. The number of nitrogens with zero attached hydrogens (tertiary/aromatic N) is 3. The van der Waals surface area contributed by atoms with E-state index in [1.165, 1.54) is 11.0 Å². The van der Waals surface area contributed by atoms with Crippen LogP contribution in [0, 0.1) is 17.8 Å². The minimum absolute atomic E-state index is 0.00684. The van der Waals surface area contributed by atoms with Crippen LogP contribution in [0.2, 0.25) is 0 Å². The standard InChI is InChI=1S/C49H60N6O9S/c1-5-34-28-49(34,46(58)53-65(60,61)48(2)20-21-48)52-43(56)39-27-35-29-55(39)45(57)41(33-24-30-14-9-10-15-31(30)25-33)51-47(59)64-40-26-32(40)16-7-6-8-18-37-42(62-23-13-22-54(3)4)36-17-11-12-19-38(36)50-44(37)63-35/h5,8-12,14-15,17-19,32-35,39-41H,1,6-7,13,16,20-29H2,2-4H3,(H,51,59)(H,52,56)(H,53,58)/b18-8+/t32-,34+,35-,39+,40-,41+,49-/m1/s1. The highest BCUT2D eigenvalue weighted by Gasteiger charge is 2.63. The lowest BCUT2D eigenvalue weighted by atomic mass is 9.95. The van der Waals surface area contributed by atoms with Crippen LogP contribution < -0.4 is 24.8 Å². The Morgan fingerprint density at radius 2 is 1.78 bits per heavy atom. The molecule has 7 atom stereocenters. The van der Waals surface area contributed by atoms with Crippen LogP contribution in [0.25, 0.3) is 17.0 Å². The number of aromatic nitrogens is 1. The summed E-state index contributed by atoms with van der Waals surface area (Å²) in [5, 5.41) is 6.67. The molecule has 2 aliphatic heterocycles. The highest BCUT2D eigenvalue weighted by atomic mass is 32.2. The van der Waals surface area contributed by atoms with E-state index in [9.17, 15) is 22.8 Å². The number of hydrogen-bond acceptors (Lipinski definition) is 11. The maximum Gasteiger partial charge on any atom is 0.408 e. The summed E-state index contributed by atoms with van der Waals surface area (Å²) < 4.78 is 47.0. The molecule has 15 nitrogen and oxygen atoms in total. The molecular formula is C49H60N6O9S. The van der Waals surface area contributed by atoms with Gasteiger partial charge in [0.1, 0.15) is 35.6 Å². The van der Waals surface area contributed by atoms with Crippen molar-refractivity contribution in [3.05, 3.63) is 84.0 Å². The fourth-order valence-corrected chi connectivity index (χ4v) is 11.1. The molecule has 346 valence electrons. The molecule has 1 saturated heterocycles. The lowest BCUT2D eigenvalue weighted by Gasteiger charge is -2.32. The number of amides is 4. The van der Waals surface area contributed by atoms with E-state index in [4.69, 9.17) is 19.2 Å². The van der Waals surface area contributed by atoms with Gasteiger partial charge in [0.15, 0.2) is 0 Å². The molecule has 0 radical (unpaired) electrons. The molecule has 0 spiro atoms. The molecule has 3 saturated carbocycles. The Morgan fingerprint density at radius 1 is 1.05 bits per heavy atom. The molecule has 2 bridgehead atoms. The Kier molecular flexibility index (Phi) is 12.2. The van der Waals surface area contributed by atoms with Crippen LogP contribution in [0.3, 0.4) is 0 Å². The number of rotatable bonds is 12. The average Bonchev–Trinajstić information content (AvgIpc) is 4.23. The molecule has 2 aromatic carbocycles. The summed E-state index contributed by atoms with van der Waals surface area (Å²) >= 11 is 0. The van der Waals surface area contributed by atoms with Crippen molar-refractivity contribution >= 4 is 50.8 Å². The molecular weight excluding hydrogens is 849 g/mol. The first-order chi connectivity index (χ1) is 31.2. The quantitative estimate of drug-likeness (QED) is 0.163. The Balaban J connectivity index is 1.08. The number of pyridine rings is 1. The molecule has 4 aliphatic carbocycles. The lowest BCUT2D eigenvalue weighted by molar-refractivity contribution is -0.142. The summed E-state index contributed by atoms with van der Waals surface area (Å²) in [6, 6.07) is 13.4. The molecule has 16 heteroatoms. The predicted molar refractivity (Wildman–Crippen MR) is 244 cm³/mol. The van der Waals surface area contributed by atoms with Gasteiger partial charge in [0, 0.05) is 24.3 Å². The van der Waals surface area contributed by atoms with E-state index in [1.54, 1.807) is 6.92 Å². The van der Waals surface area contributed by atoms with E-state index in [-0.39, 0.29) is 43.2 Å². The van der Waals surface area contributed by atoms with Crippen LogP contribution in [0.1, 0.15) is 81.4 Å². The first kappa shape index (κ1) is 44.7. The monoisotopic (exact) mass is 908 g/mol. The van der Waals surface area contributed by atoms with Gasteiger partial charge in [0.25, 0.3) is 5.91 Å². The van der Waals surface area contributed by atoms with Crippen LogP contribution in [0.5, 0.6) is 11.6 Å². The van der Waals surface area contributed by atoms with Crippen molar-refractivity contribution in [3.8, 4) is 11.6 Å². The third-order valence-electron chi connectivity index (χ3n) is 14.3. The van der Waals surface area contributed by atoms with Crippen molar-refractivity contribution in [1.82, 2.24) is 30.1 Å².